The van der Waals surface area contributed by atoms with Crippen molar-refractivity contribution in [3.05, 3.63) is 69.5 Å². The van der Waals surface area contributed by atoms with Crippen LogP contribution in [0, 0.1) is 18.6 Å². The van der Waals surface area contributed by atoms with Crippen LogP contribution >= 0.6 is 11.6 Å². The summed E-state index contributed by atoms with van der Waals surface area (Å²) < 4.78 is 27.9. The van der Waals surface area contributed by atoms with E-state index in [1.54, 1.807) is 12.3 Å². The zero-order chi connectivity index (χ0) is 15.1. The van der Waals surface area contributed by atoms with E-state index < -0.39 is 23.0 Å². The summed E-state index contributed by atoms with van der Waals surface area (Å²) in [4.78, 5) is 12.5. The molecule has 0 aromatic heterocycles. The summed E-state index contributed by atoms with van der Waals surface area (Å²) in [7, 11) is 0. The smallest absolute Gasteiger partial charge is 0.200 e. The van der Waals surface area contributed by atoms with Gasteiger partial charge in [-0.15, -0.1) is 0 Å². The molecular weight excluding hydrogens is 298 g/mol. The minimum Gasteiger partial charge on any atom is -0.367 e. The van der Waals surface area contributed by atoms with E-state index in [0.717, 1.165) is 6.07 Å². The van der Waals surface area contributed by atoms with Crippen LogP contribution in [0.1, 0.15) is 15.9 Å². The van der Waals surface area contributed by atoms with Crippen LogP contribution in [0.15, 0.2) is 46.8 Å². The zero-order valence-corrected chi connectivity index (χ0v) is 11.8. The van der Waals surface area contributed by atoms with E-state index >= 15 is 0 Å². The number of fused-ring (bicyclic) bond motifs is 1. The first-order chi connectivity index (χ1) is 9.99. The number of nitrogens with one attached hydrogen (secondary N) is 2. The number of rotatable bonds is 2. The van der Waals surface area contributed by atoms with Crippen LogP contribution in [0.4, 0.5) is 8.78 Å². The van der Waals surface area contributed by atoms with Gasteiger partial charge in [0.25, 0.3) is 0 Å². The standard InChI is InChI=1S/C15H11ClF2N2O/c1-7-2-3-11(17)12(13(7)18)14(21)10-6-20-15-9(10)4-8(16)5-19-15/h2-6,15,19-20H,1H3. The van der Waals surface area contributed by atoms with Crippen molar-refractivity contribution in [3.63, 3.8) is 0 Å². The average Bonchev–Trinajstić information content (AvgIpc) is 2.86. The van der Waals surface area contributed by atoms with Crippen LogP contribution in [-0.2, 0) is 0 Å². The molecule has 0 saturated carbocycles. The van der Waals surface area contributed by atoms with Gasteiger partial charge in [0.15, 0.2) is 0 Å². The van der Waals surface area contributed by atoms with Crippen LogP contribution in [0.25, 0.3) is 0 Å². The Labute approximate surface area is 125 Å². The van der Waals surface area contributed by atoms with Crippen molar-refractivity contribution in [1.82, 2.24) is 10.6 Å². The van der Waals surface area contributed by atoms with Gasteiger partial charge in [-0.25, -0.2) is 8.78 Å². The lowest BCUT2D eigenvalue weighted by Gasteiger charge is -2.19. The van der Waals surface area contributed by atoms with Crippen LogP contribution in [0.5, 0.6) is 0 Å². The van der Waals surface area contributed by atoms with E-state index in [1.165, 1.54) is 19.2 Å². The molecule has 1 unspecified atom stereocenters. The van der Waals surface area contributed by atoms with Crippen LogP contribution in [0.2, 0.25) is 0 Å². The highest BCUT2D eigenvalue weighted by atomic mass is 35.5. The van der Waals surface area contributed by atoms with Gasteiger partial charge in [-0.3, -0.25) is 4.79 Å². The summed E-state index contributed by atoms with van der Waals surface area (Å²) in [5.41, 5.74) is 0.432. The maximum atomic E-state index is 14.1. The predicted octanol–water partition coefficient (Wildman–Crippen LogP) is 2.88. The van der Waals surface area contributed by atoms with Crippen molar-refractivity contribution in [2.75, 3.05) is 0 Å². The van der Waals surface area contributed by atoms with Crippen molar-refractivity contribution >= 4 is 17.4 Å². The molecule has 0 spiro atoms. The van der Waals surface area contributed by atoms with Gasteiger partial charge in [-0.1, -0.05) is 17.7 Å². The number of halogens is 3. The van der Waals surface area contributed by atoms with Crippen molar-refractivity contribution < 1.29 is 13.6 Å². The van der Waals surface area contributed by atoms with E-state index in [4.69, 9.17) is 11.6 Å². The fourth-order valence-corrected chi connectivity index (χ4v) is 2.52. The molecule has 0 fully saturated rings. The number of ketones is 1. The molecule has 3 rings (SSSR count). The molecule has 0 saturated heterocycles. The van der Waals surface area contributed by atoms with Gasteiger partial charge < -0.3 is 10.6 Å². The highest BCUT2D eigenvalue weighted by Gasteiger charge is 2.32. The van der Waals surface area contributed by atoms with Crippen molar-refractivity contribution in [2.24, 2.45) is 0 Å². The molecule has 108 valence electrons. The first-order valence-electron chi connectivity index (χ1n) is 6.28. The van der Waals surface area contributed by atoms with Gasteiger partial charge in [0, 0.05) is 23.5 Å². The lowest BCUT2D eigenvalue weighted by Crippen LogP contribution is -2.36. The van der Waals surface area contributed by atoms with E-state index in [0.29, 0.717) is 10.6 Å². The quantitative estimate of drug-likeness (QED) is 0.826. The monoisotopic (exact) mass is 308 g/mol. The minimum absolute atomic E-state index is 0.196. The van der Waals surface area contributed by atoms with Crippen molar-refractivity contribution in [2.45, 2.75) is 13.1 Å². The zero-order valence-electron chi connectivity index (χ0n) is 11.0. The van der Waals surface area contributed by atoms with E-state index in [9.17, 15) is 13.6 Å². The summed E-state index contributed by atoms with van der Waals surface area (Å²) >= 11 is 5.89. The van der Waals surface area contributed by atoms with Crippen molar-refractivity contribution in [1.29, 1.82) is 0 Å². The Balaban J connectivity index is 2.05. The molecule has 0 amide bonds. The van der Waals surface area contributed by atoms with E-state index in [1.807, 2.05) is 0 Å². The molecule has 2 heterocycles. The number of aryl methyl sites for hydroxylation is 1. The third-order valence-corrected chi connectivity index (χ3v) is 3.67. The number of carbonyl (C=O) groups excluding carboxylic acids is 1. The molecule has 0 radical (unpaired) electrons. The molecule has 21 heavy (non-hydrogen) atoms. The summed E-state index contributed by atoms with van der Waals surface area (Å²) in [6.07, 6.45) is 4.30. The Kier molecular flexibility index (Phi) is 3.29. The van der Waals surface area contributed by atoms with Crippen LogP contribution in [-0.4, -0.2) is 11.9 Å². The van der Waals surface area contributed by atoms with E-state index in [2.05, 4.69) is 10.6 Å². The lowest BCUT2D eigenvalue weighted by atomic mass is 9.95. The molecule has 2 aliphatic rings. The highest BCUT2D eigenvalue weighted by Crippen LogP contribution is 2.29. The second-order valence-corrected chi connectivity index (χ2v) is 5.27. The van der Waals surface area contributed by atoms with Crippen LogP contribution < -0.4 is 10.6 Å². The summed E-state index contributed by atoms with van der Waals surface area (Å²) in [5, 5.41) is 6.28. The largest absolute Gasteiger partial charge is 0.367 e. The maximum absolute atomic E-state index is 14.1. The van der Waals surface area contributed by atoms with Gasteiger partial charge in [-0.2, -0.15) is 0 Å². The minimum atomic E-state index is -0.876. The normalized spacial score (nSPS) is 19.8. The number of carbonyl (C=O) groups is 1. The molecule has 6 heteroatoms. The summed E-state index contributed by atoms with van der Waals surface area (Å²) in [5.74, 6) is -2.42. The molecule has 1 atom stereocenters. The van der Waals surface area contributed by atoms with Crippen LogP contribution in [0.3, 0.4) is 0 Å². The SMILES string of the molecule is Cc1ccc(F)c(C(=O)C2=CNC3NC=C(Cl)C=C23)c1F. The van der Waals surface area contributed by atoms with Crippen molar-refractivity contribution in [3.8, 4) is 0 Å². The molecule has 1 aromatic rings. The Bertz CT molecular complexity index is 737. The number of hydrogen-bond acceptors (Lipinski definition) is 3. The molecule has 0 aliphatic carbocycles. The number of allylic oxidation sites excluding steroid dienone is 2. The molecule has 2 aliphatic heterocycles. The molecule has 1 aromatic carbocycles. The fraction of sp³-hybridized carbons (Fsp3) is 0.133. The number of benzene rings is 1. The number of Topliss-reactive ketones (excluding diaryl/α,β-unsaturated/α-hetero) is 1. The Morgan fingerprint density at radius 3 is 2.71 bits per heavy atom. The number of dihydropyridines is 1. The summed E-state index contributed by atoms with van der Waals surface area (Å²) in [6.45, 7) is 1.48. The Hall–Kier alpha value is -2.14. The maximum Gasteiger partial charge on any atom is 0.200 e. The first kappa shape index (κ1) is 13.8. The molecule has 3 nitrogen and oxygen atoms in total. The average molecular weight is 309 g/mol. The molecular formula is C15H11ClF2N2O. The highest BCUT2D eigenvalue weighted by molar-refractivity contribution is 6.31. The second-order valence-electron chi connectivity index (χ2n) is 4.84. The topological polar surface area (TPSA) is 41.1 Å². The lowest BCUT2D eigenvalue weighted by molar-refractivity contribution is 0.102. The van der Waals surface area contributed by atoms with Gasteiger partial charge in [0.2, 0.25) is 5.78 Å². The van der Waals surface area contributed by atoms with Gasteiger partial charge >= 0.3 is 0 Å². The first-order valence-corrected chi connectivity index (χ1v) is 6.66. The fourth-order valence-electron chi connectivity index (χ4n) is 2.34. The van der Waals surface area contributed by atoms with Gasteiger partial charge in [0.05, 0.1) is 10.6 Å². The third kappa shape index (κ3) is 2.23. The number of hydrogen-bond donors (Lipinski definition) is 2. The second kappa shape index (κ2) is 5.00. The Morgan fingerprint density at radius 2 is 1.95 bits per heavy atom. The Morgan fingerprint density at radius 1 is 1.24 bits per heavy atom. The summed E-state index contributed by atoms with van der Waals surface area (Å²) in [6, 6.07) is 2.39. The van der Waals surface area contributed by atoms with Gasteiger partial charge in [0.1, 0.15) is 17.8 Å². The third-order valence-electron chi connectivity index (χ3n) is 3.45. The molecule has 2 N–H and O–H groups in total. The molecule has 0 bridgehead atoms. The predicted molar refractivity (Wildman–Crippen MR) is 75.6 cm³/mol. The van der Waals surface area contributed by atoms with E-state index in [-0.39, 0.29) is 17.3 Å². The van der Waals surface area contributed by atoms with Gasteiger partial charge in [-0.05, 0) is 24.6 Å².